The highest BCUT2D eigenvalue weighted by Crippen LogP contribution is 2.37. The van der Waals surface area contributed by atoms with Crippen molar-refractivity contribution >= 4 is 11.8 Å². The SMILES string of the molecule is CC(C)[C@@H](NC(=O)c1ccccc1F)C(=O)N1CC[C@](O)(C(F)(F)F)C1. The first-order chi connectivity index (χ1) is 12.0. The summed E-state index contributed by atoms with van der Waals surface area (Å²) in [6.45, 7) is 2.04. The van der Waals surface area contributed by atoms with E-state index in [2.05, 4.69) is 5.32 Å². The average Bonchev–Trinajstić information content (AvgIpc) is 2.95. The van der Waals surface area contributed by atoms with E-state index in [1.54, 1.807) is 13.8 Å². The molecular weight excluding hydrogens is 356 g/mol. The zero-order chi connectivity index (χ0) is 19.7. The summed E-state index contributed by atoms with van der Waals surface area (Å²) >= 11 is 0. The number of likely N-dealkylation sites (tertiary alicyclic amines) is 1. The van der Waals surface area contributed by atoms with Crippen molar-refractivity contribution in [2.45, 2.75) is 38.1 Å². The topological polar surface area (TPSA) is 69.6 Å². The van der Waals surface area contributed by atoms with Crippen LogP contribution >= 0.6 is 0 Å². The molecule has 1 aliphatic heterocycles. The van der Waals surface area contributed by atoms with Crippen LogP contribution in [0.3, 0.4) is 0 Å². The van der Waals surface area contributed by atoms with Crippen LogP contribution in [0.15, 0.2) is 24.3 Å². The van der Waals surface area contributed by atoms with Crippen molar-refractivity contribution in [1.82, 2.24) is 10.2 Å². The fourth-order valence-corrected chi connectivity index (χ4v) is 2.79. The minimum Gasteiger partial charge on any atom is -0.379 e. The molecule has 1 heterocycles. The number of hydrogen-bond acceptors (Lipinski definition) is 3. The Balaban J connectivity index is 2.14. The molecule has 1 saturated heterocycles. The van der Waals surface area contributed by atoms with Crippen molar-refractivity contribution in [3.63, 3.8) is 0 Å². The molecule has 0 aliphatic carbocycles. The fourth-order valence-electron chi connectivity index (χ4n) is 2.79. The van der Waals surface area contributed by atoms with Crippen molar-refractivity contribution in [1.29, 1.82) is 0 Å². The van der Waals surface area contributed by atoms with Crippen LogP contribution in [0.25, 0.3) is 0 Å². The molecule has 1 fully saturated rings. The molecule has 0 aromatic heterocycles. The monoisotopic (exact) mass is 376 g/mol. The molecular formula is C17H20F4N2O3. The lowest BCUT2D eigenvalue weighted by molar-refractivity contribution is -0.253. The third kappa shape index (κ3) is 3.98. The highest BCUT2D eigenvalue weighted by Gasteiger charge is 2.58. The molecule has 1 aromatic rings. The van der Waals surface area contributed by atoms with E-state index in [1.165, 1.54) is 18.2 Å². The minimum absolute atomic E-state index is 0.265. The number of amides is 2. The molecule has 144 valence electrons. The van der Waals surface area contributed by atoms with E-state index in [1.807, 2.05) is 0 Å². The maximum atomic E-state index is 13.7. The third-order valence-electron chi connectivity index (χ3n) is 4.42. The van der Waals surface area contributed by atoms with Gasteiger partial charge in [0.15, 0.2) is 5.60 Å². The summed E-state index contributed by atoms with van der Waals surface area (Å²) in [6.07, 6.45) is -5.49. The molecule has 9 heteroatoms. The van der Waals surface area contributed by atoms with Gasteiger partial charge < -0.3 is 15.3 Å². The van der Waals surface area contributed by atoms with E-state index in [-0.39, 0.29) is 12.1 Å². The molecule has 2 amide bonds. The second-order valence-corrected chi connectivity index (χ2v) is 6.71. The predicted molar refractivity (Wildman–Crippen MR) is 84.7 cm³/mol. The number of aliphatic hydroxyl groups is 1. The lowest BCUT2D eigenvalue weighted by atomic mass is 10.0. The van der Waals surface area contributed by atoms with Crippen LogP contribution in [-0.2, 0) is 4.79 Å². The molecule has 0 bridgehead atoms. The average molecular weight is 376 g/mol. The van der Waals surface area contributed by atoms with Crippen LogP contribution in [-0.4, -0.2) is 52.7 Å². The minimum atomic E-state index is -4.86. The zero-order valence-corrected chi connectivity index (χ0v) is 14.3. The third-order valence-corrected chi connectivity index (χ3v) is 4.42. The normalized spacial score (nSPS) is 21.8. The standard InChI is InChI=1S/C17H20F4N2O3/c1-10(2)13(22-14(24)11-5-3-4-6-12(11)18)15(25)23-8-7-16(26,9-23)17(19,20)21/h3-6,10,13,26H,7-9H2,1-2H3,(H,22,24)/t13-,16-/m1/s1. The summed E-state index contributed by atoms with van der Waals surface area (Å²) < 4.78 is 52.5. The van der Waals surface area contributed by atoms with Crippen LogP contribution in [0.4, 0.5) is 17.6 Å². The van der Waals surface area contributed by atoms with Crippen molar-refractivity contribution in [2.24, 2.45) is 5.92 Å². The largest absolute Gasteiger partial charge is 0.419 e. The number of benzene rings is 1. The first-order valence-electron chi connectivity index (χ1n) is 8.09. The van der Waals surface area contributed by atoms with Gasteiger partial charge in [0.1, 0.15) is 11.9 Å². The van der Waals surface area contributed by atoms with Crippen molar-refractivity contribution in [3.8, 4) is 0 Å². The molecule has 1 aromatic carbocycles. The van der Waals surface area contributed by atoms with E-state index in [4.69, 9.17) is 0 Å². The lowest BCUT2D eigenvalue weighted by Crippen LogP contribution is -2.53. The van der Waals surface area contributed by atoms with Crippen LogP contribution in [0.1, 0.15) is 30.6 Å². The predicted octanol–water partition coefficient (Wildman–Crippen LogP) is 2.11. The first-order valence-corrected chi connectivity index (χ1v) is 8.09. The second-order valence-electron chi connectivity index (χ2n) is 6.71. The van der Waals surface area contributed by atoms with Crippen LogP contribution < -0.4 is 5.32 Å². The summed E-state index contributed by atoms with van der Waals surface area (Å²) in [4.78, 5) is 25.7. The number of nitrogens with one attached hydrogen (secondary N) is 1. The molecule has 2 N–H and O–H groups in total. The number of halogens is 4. The number of carbonyl (C=O) groups is 2. The van der Waals surface area contributed by atoms with Crippen LogP contribution in [0.2, 0.25) is 0 Å². The highest BCUT2D eigenvalue weighted by atomic mass is 19.4. The van der Waals surface area contributed by atoms with E-state index in [0.717, 1.165) is 11.0 Å². The Bertz CT molecular complexity index is 693. The molecule has 26 heavy (non-hydrogen) atoms. The van der Waals surface area contributed by atoms with E-state index in [0.29, 0.717) is 0 Å². The molecule has 2 rings (SSSR count). The lowest BCUT2D eigenvalue weighted by Gasteiger charge is -2.29. The number of β-amino-alcohol motifs (C(OH)–C–C–N with tert-alkyl or cyclic N) is 1. The Morgan fingerprint density at radius 1 is 1.27 bits per heavy atom. The molecule has 0 spiro atoms. The molecule has 2 atom stereocenters. The number of nitrogens with zero attached hydrogens (tertiary/aromatic N) is 1. The zero-order valence-electron chi connectivity index (χ0n) is 14.3. The van der Waals surface area contributed by atoms with Gasteiger partial charge in [-0.2, -0.15) is 13.2 Å². The Morgan fingerprint density at radius 3 is 2.38 bits per heavy atom. The maximum absolute atomic E-state index is 13.7. The van der Waals surface area contributed by atoms with Gasteiger partial charge in [-0.05, 0) is 18.1 Å². The summed E-state index contributed by atoms with van der Waals surface area (Å²) in [6, 6.07) is 4.04. The number of alkyl halides is 3. The van der Waals surface area contributed by atoms with Gasteiger partial charge in [-0.3, -0.25) is 9.59 Å². The number of carbonyl (C=O) groups excluding carboxylic acids is 2. The first kappa shape index (κ1) is 20.2. The summed E-state index contributed by atoms with van der Waals surface area (Å²) in [5, 5.41) is 12.1. The van der Waals surface area contributed by atoms with Gasteiger partial charge in [-0.15, -0.1) is 0 Å². The van der Waals surface area contributed by atoms with Crippen LogP contribution in [0.5, 0.6) is 0 Å². The number of hydrogen-bond donors (Lipinski definition) is 2. The quantitative estimate of drug-likeness (QED) is 0.791. The van der Waals surface area contributed by atoms with Gasteiger partial charge >= 0.3 is 6.18 Å². The van der Waals surface area contributed by atoms with Crippen molar-refractivity contribution in [2.75, 3.05) is 13.1 Å². The van der Waals surface area contributed by atoms with Crippen molar-refractivity contribution < 1.29 is 32.3 Å². The van der Waals surface area contributed by atoms with Gasteiger partial charge in [0.2, 0.25) is 5.91 Å². The van der Waals surface area contributed by atoms with Crippen LogP contribution in [0, 0.1) is 11.7 Å². The second kappa shape index (κ2) is 7.22. The molecule has 0 unspecified atom stereocenters. The van der Waals surface area contributed by atoms with E-state index >= 15 is 0 Å². The van der Waals surface area contributed by atoms with Gasteiger partial charge in [0.25, 0.3) is 5.91 Å². The Labute approximate surface area is 148 Å². The van der Waals surface area contributed by atoms with Gasteiger partial charge in [0, 0.05) is 13.0 Å². The highest BCUT2D eigenvalue weighted by molar-refractivity contribution is 5.97. The van der Waals surface area contributed by atoms with Crippen molar-refractivity contribution in [3.05, 3.63) is 35.6 Å². The smallest absolute Gasteiger partial charge is 0.379 e. The Kier molecular flexibility index (Phi) is 5.60. The maximum Gasteiger partial charge on any atom is 0.419 e. The molecule has 0 saturated carbocycles. The van der Waals surface area contributed by atoms with Gasteiger partial charge in [0.05, 0.1) is 12.1 Å². The fraction of sp³-hybridized carbons (Fsp3) is 0.529. The molecule has 0 radical (unpaired) electrons. The number of rotatable bonds is 4. The van der Waals surface area contributed by atoms with Gasteiger partial charge in [-0.1, -0.05) is 26.0 Å². The Morgan fingerprint density at radius 2 is 1.88 bits per heavy atom. The summed E-state index contributed by atoms with van der Waals surface area (Å²) in [5.41, 5.74) is -3.22. The van der Waals surface area contributed by atoms with E-state index in [9.17, 15) is 32.3 Å². The van der Waals surface area contributed by atoms with Gasteiger partial charge in [-0.25, -0.2) is 4.39 Å². The molecule has 5 nitrogen and oxygen atoms in total. The summed E-state index contributed by atoms with van der Waals surface area (Å²) in [7, 11) is 0. The summed E-state index contributed by atoms with van der Waals surface area (Å²) in [5.74, 6) is -2.80. The van der Waals surface area contributed by atoms with E-state index < -0.39 is 54.3 Å². The Hall–Kier alpha value is -2.16. The molecule has 1 aliphatic rings.